The lowest BCUT2D eigenvalue weighted by molar-refractivity contribution is -0.126. The van der Waals surface area contributed by atoms with Crippen molar-refractivity contribution < 1.29 is 4.79 Å². The highest BCUT2D eigenvalue weighted by Crippen LogP contribution is 2.35. The summed E-state index contributed by atoms with van der Waals surface area (Å²) >= 11 is 0. The third-order valence-electron chi connectivity index (χ3n) is 4.97. The first-order chi connectivity index (χ1) is 14.1. The number of rotatable bonds is 5. The number of aromatic nitrogens is 5. The SMILES string of the molecule is Cc1cccnc1Nc1nccnc1[C@H]1CCCN1C(=O)/C=C/c1cnn(C)c1. The molecule has 0 spiro atoms. The number of nitrogens with zero attached hydrogens (tertiary/aromatic N) is 6. The van der Waals surface area contributed by atoms with Crippen molar-refractivity contribution >= 4 is 23.6 Å². The largest absolute Gasteiger partial charge is 0.330 e. The summed E-state index contributed by atoms with van der Waals surface area (Å²) in [7, 11) is 1.85. The Morgan fingerprint density at radius 1 is 1.21 bits per heavy atom. The minimum atomic E-state index is -0.124. The second-order valence-electron chi connectivity index (χ2n) is 7.05. The molecule has 0 radical (unpaired) electrons. The van der Waals surface area contributed by atoms with Crippen molar-refractivity contribution in [2.24, 2.45) is 7.05 Å². The zero-order valence-electron chi connectivity index (χ0n) is 16.5. The number of hydrogen-bond donors (Lipinski definition) is 1. The van der Waals surface area contributed by atoms with Gasteiger partial charge in [0.25, 0.3) is 0 Å². The Labute approximate surface area is 169 Å². The smallest absolute Gasteiger partial charge is 0.247 e. The first-order valence-electron chi connectivity index (χ1n) is 9.58. The molecular formula is C21H23N7O. The lowest BCUT2D eigenvalue weighted by atomic mass is 10.1. The molecule has 4 rings (SSSR count). The molecule has 8 nitrogen and oxygen atoms in total. The molecule has 1 saturated heterocycles. The van der Waals surface area contributed by atoms with E-state index in [0.717, 1.165) is 35.5 Å². The van der Waals surface area contributed by atoms with Crippen LogP contribution in [-0.2, 0) is 11.8 Å². The molecule has 0 aromatic carbocycles. The van der Waals surface area contributed by atoms with Gasteiger partial charge in [0.05, 0.1) is 12.2 Å². The number of hydrogen-bond acceptors (Lipinski definition) is 6. The summed E-state index contributed by atoms with van der Waals surface area (Å²) in [6, 6.07) is 3.76. The molecule has 1 fully saturated rings. The number of aryl methyl sites for hydroxylation is 2. The Hall–Kier alpha value is -3.55. The number of carbonyl (C=O) groups is 1. The van der Waals surface area contributed by atoms with Gasteiger partial charge in [0, 0.05) is 50.0 Å². The molecule has 0 bridgehead atoms. The van der Waals surface area contributed by atoms with E-state index in [1.54, 1.807) is 41.6 Å². The average Bonchev–Trinajstić information content (AvgIpc) is 3.37. The zero-order valence-corrected chi connectivity index (χ0v) is 16.5. The topological polar surface area (TPSA) is 88.8 Å². The van der Waals surface area contributed by atoms with Gasteiger partial charge in [-0.25, -0.2) is 9.97 Å². The van der Waals surface area contributed by atoms with Crippen molar-refractivity contribution in [2.45, 2.75) is 25.8 Å². The lowest BCUT2D eigenvalue weighted by Crippen LogP contribution is -2.30. The molecule has 1 aliphatic rings. The van der Waals surface area contributed by atoms with E-state index < -0.39 is 0 Å². The molecule has 1 aliphatic heterocycles. The highest BCUT2D eigenvalue weighted by molar-refractivity contribution is 5.92. The summed E-state index contributed by atoms with van der Waals surface area (Å²) < 4.78 is 1.71. The third-order valence-corrected chi connectivity index (χ3v) is 4.97. The molecule has 1 amide bonds. The Balaban J connectivity index is 1.56. The van der Waals surface area contributed by atoms with Crippen LogP contribution in [0.25, 0.3) is 6.08 Å². The maximum atomic E-state index is 12.9. The second kappa shape index (κ2) is 8.22. The number of likely N-dealkylation sites (tertiary alicyclic amines) is 1. The second-order valence-corrected chi connectivity index (χ2v) is 7.05. The lowest BCUT2D eigenvalue weighted by Gasteiger charge is -2.24. The molecule has 0 saturated carbocycles. The van der Waals surface area contributed by atoms with Gasteiger partial charge in [-0.2, -0.15) is 5.10 Å². The first-order valence-corrected chi connectivity index (χ1v) is 9.58. The molecular weight excluding hydrogens is 366 g/mol. The van der Waals surface area contributed by atoms with E-state index in [0.29, 0.717) is 12.4 Å². The van der Waals surface area contributed by atoms with Crippen molar-refractivity contribution in [1.29, 1.82) is 0 Å². The van der Waals surface area contributed by atoms with E-state index in [2.05, 4.69) is 25.4 Å². The molecule has 3 aromatic rings. The van der Waals surface area contributed by atoms with Gasteiger partial charge >= 0.3 is 0 Å². The van der Waals surface area contributed by atoms with Crippen molar-refractivity contribution in [1.82, 2.24) is 29.6 Å². The molecule has 0 unspecified atom stereocenters. The molecule has 148 valence electrons. The Bertz CT molecular complexity index is 1040. The van der Waals surface area contributed by atoms with Gasteiger partial charge in [0.2, 0.25) is 5.91 Å². The highest BCUT2D eigenvalue weighted by Gasteiger charge is 2.32. The fourth-order valence-electron chi connectivity index (χ4n) is 3.52. The van der Waals surface area contributed by atoms with Crippen LogP contribution in [0.5, 0.6) is 0 Å². The first kappa shape index (κ1) is 18.8. The van der Waals surface area contributed by atoms with Crippen molar-refractivity contribution in [3.05, 3.63) is 66.0 Å². The monoisotopic (exact) mass is 389 g/mol. The molecule has 8 heteroatoms. The summed E-state index contributed by atoms with van der Waals surface area (Å²) in [4.78, 5) is 28.1. The molecule has 1 atom stereocenters. The van der Waals surface area contributed by atoms with E-state index in [1.165, 1.54) is 0 Å². The Kier molecular flexibility index (Phi) is 5.33. The van der Waals surface area contributed by atoms with Crippen LogP contribution in [0.4, 0.5) is 11.6 Å². The van der Waals surface area contributed by atoms with Gasteiger partial charge in [-0.05, 0) is 37.5 Å². The average molecular weight is 389 g/mol. The number of carbonyl (C=O) groups excluding carboxylic acids is 1. The van der Waals surface area contributed by atoms with E-state index in [9.17, 15) is 4.79 Å². The molecule has 29 heavy (non-hydrogen) atoms. The fraction of sp³-hybridized carbons (Fsp3) is 0.286. The molecule has 3 aromatic heterocycles. The Morgan fingerprint density at radius 3 is 2.83 bits per heavy atom. The molecule has 4 heterocycles. The maximum Gasteiger partial charge on any atom is 0.247 e. The quantitative estimate of drug-likeness (QED) is 0.675. The van der Waals surface area contributed by atoms with Gasteiger partial charge in [0.15, 0.2) is 5.82 Å². The van der Waals surface area contributed by atoms with Crippen LogP contribution in [0.2, 0.25) is 0 Å². The van der Waals surface area contributed by atoms with Crippen LogP contribution in [0.1, 0.15) is 35.7 Å². The van der Waals surface area contributed by atoms with Crippen LogP contribution in [0.15, 0.2) is 49.2 Å². The summed E-state index contributed by atoms with van der Waals surface area (Å²) in [6.45, 7) is 2.68. The van der Waals surface area contributed by atoms with E-state index in [1.807, 2.05) is 37.2 Å². The number of anilines is 2. The molecule has 1 N–H and O–H groups in total. The van der Waals surface area contributed by atoms with Gasteiger partial charge < -0.3 is 10.2 Å². The molecule has 0 aliphatic carbocycles. The number of nitrogens with one attached hydrogen (secondary N) is 1. The number of pyridine rings is 1. The van der Waals surface area contributed by atoms with Crippen LogP contribution in [0, 0.1) is 6.92 Å². The minimum absolute atomic E-state index is 0.0398. The van der Waals surface area contributed by atoms with Crippen LogP contribution < -0.4 is 5.32 Å². The maximum absolute atomic E-state index is 12.9. The van der Waals surface area contributed by atoms with Crippen molar-refractivity contribution in [3.63, 3.8) is 0 Å². The van der Waals surface area contributed by atoms with Gasteiger partial charge in [0.1, 0.15) is 11.5 Å². The summed E-state index contributed by atoms with van der Waals surface area (Å²) in [5.74, 6) is 1.33. The van der Waals surface area contributed by atoms with Gasteiger partial charge in [-0.3, -0.25) is 14.5 Å². The standard InChI is InChI=1S/C21H23N7O/c1-15-5-3-9-23-20(15)26-21-19(22-10-11-24-21)17-6-4-12-28(17)18(29)8-7-16-13-25-27(2)14-16/h3,5,7-11,13-14,17H,4,6,12H2,1-2H3,(H,23,24,26)/b8-7+/t17-/m1/s1. The van der Waals surface area contributed by atoms with Crippen molar-refractivity contribution in [3.8, 4) is 0 Å². The van der Waals surface area contributed by atoms with E-state index in [-0.39, 0.29) is 11.9 Å². The third kappa shape index (κ3) is 4.16. The van der Waals surface area contributed by atoms with E-state index >= 15 is 0 Å². The summed E-state index contributed by atoms with van der Waals surface area (Å²) in [6.07, 6.45) is 13.8. The number of amides is 1. The predicted octanol–water partition coefficient (Wildman–Crippen LogP) is 3.03. The fourth-order valence-corrected chi connectivity index (χ4v) is 3.52. The van der Waals surface area contributed by atoms with Gasteiger partial charge in [-0.15, -0.1) is 0 Å². The van der Waals surface area contributed by atoms with Gasteiger partial charge in [-0.1, -0.05) is 6.07 Å². The zero-order chi connectivity index (χ0) is 20.2. The summed E-state index contributed by atoms with van der Waals surface area (Å²) in [5.41, 5.74) is 2.67. The summed E-state index contributed by atoms with van der Waals surface area (Å²) in [5, 5.41) is 7.41. The minimum Gasteiger partial charge on any atom is -0.330 e. The van der Waals surface area contributed by atoms with Crippen molar-refractivity contribution in [2.75, 3.05) is 11.9 Å². The normalized spacial score (nSPS) is 16.5. The Morgan fingerprint density at radius 2 is 2.03 bits per heavy atom. The van der Waals surface area contributed by atoms with E-state index in [4.69, 9.17) is 0 Å². The van der Waals surface area contributed by atoms with Crippen LogP contribution >= 0.6 is 0 Å². The van der Waals surface area contributed by atoms with Crippen LogP contribution in [-0.4, -0.2) is 42.1 Å². The highest BCUT2D eigenvalue weighted by atomic mass is 16.2. The van der Waals surface area contributed by atoms with Crippen LogP contribution in [0.3, 0.4) is 0 Å². The predicted molar refractivity (Wildman–Crippen MR) is 110 cm³/mol.